The van der Waals surface area contributed by atoms with Gasteiger partial charge in [-0.15, -0.1) is 0 Å². The van der Waals surface area contributed by atoms with Gasteiger partial charge >= 0.3 is 0 Å². The van der Waals surface area contributed by atoms with E-state index >= 15 is 0 Å². The molecule has 1 atom stereocenters. The molecule has 74 valence electrons. The first-order valence-corrected chi connectivity index (χ1v) is 5.63. The predicted octanol–water partition coefficient (Wildman–Crippen LogP) is 3.01. The molecule has 0 heterocycles. The van der Waals surface area contributed by atoms with Crippen molar-refractivity contribution in [1.82, 2.24) is 0 Å². The molecule has 1 unspecified atom stereocenters. The Kier molecular flexibility index (Phi) is 1.88. The molecule has 1 aromatic carbocycles. The van der Waals surface area contributed by atoms with Gasteiger partial charge in [-0.05, 0) is 48.6 Å². The fraction of sp³-hybridized carbons (Fsp3) is 0.538. The second-order valence-corrected chi connectivity index (χ2v) is 4.69. The van der Waals surface area contributed by atoms with Crippen LogP contribution in [0, 0.1) is 5.92 Å². The van der Waals surface area contributed by atoms with Crippen LogP contribution in [0.2, 0.25) is 0 Å². The maximum atomic E-state index is 10.2. The van der Waals surface area contributed by atoms with Crippen LogP contribution in [0.5, 0.6) is 0 Å². The number of benzene rings is 1. The van der Waals surface area contributed by atoms with Crippen LogP contribution in [0.25, 0.3) is 0 Å². The molecule has 1 heteroatoms. The molecule has 1 N–H and O–H groups in total. The van der Waals surface area contributed by atoms with Crippen molar-refractivity contribution in [3.63, 3.8) is 0 Å². The molecule has 1 aromatic rings. The Morgan fingerprint density at radius 1 is 0.929 bits per heavy atom. The van der Waals surface area contributed by atoms with Crippen LogP contribution in [0.4, 0.5) is 0 Å². The second kappa shape index (κ2) is 3.09. The molecule has 14 heavy (non-hydrogen) atoms. The third-order valence-electron chi connectivity index (χ3n) is 3.97. The lowest BCUT2D eigenvalue weighted by molar-refractivity contribution is 0.0912. The van der Waals surface area contributed by atoms with Crippen molar-refractivity contribution in [1.29, 1.82) is 0 Å². The summed E-state index contributed by atoms with van der Waals surface area (Å²) in [5, 5.41) is 10.2. The maximum absolute atomic E-state index is 10.2. The lowest BCUT2D eigenvalue weighted by Crippen LogP contribution is -2.13. The minimum atomic E-state index is -0.196. The summed E-state index contributed by atoms with van der Waals surface area (Å²) < 4.78 is 0. The third kappa shape index (κ3) is 1.12. The minimum Gasteiger partial charge on any atom is -0.388 e. The molecule has 0 aromatic heterocycles. The van der Waals surface area contributed by atoms with E-state index in [1.54, 1.807) is 0 Å². The second-order valence-electron chi connectivity index (χ2n) is 4.69. The van der Waals surface area contributed by atoms with E-state index in [1.807, 2.05) is 6.07 Å². The number of fused-ring (bicyclic) bond motifs is 2. The average Bonchev–Trinajstić information content (AvgIpc) is 2.48. The van der Waals surface area contributed by atoms with Crippen LogP contribution in [-0.4, -0.2) is 5.11 Å². The summed E-state index contributed by atoms with van der Waals surface area (Å²) in [6.07, 6.45) is 4.78. The van der Waals surface area contributed by atoms with Gasteiger partial charge in [0.15, 0.2) is 0 Å². The standard InChI is InChI=1S/C13H16O/c14-13-10-7-5-9(6-8-10)11-3-1-2-4-12(11)13/h1-4,9-10,13-14H,5-8H2. The average molecular weight is 188 g/mol. The van der Waals surface area contributed by atoms with E-state index in [2.05, 4.69) is 18.2 Å². The first-order valence-electron chi connectivity index (χ1n) is 5.63. The molecule has 1 nitrogen and oxygen atoms in total. The van der Waals surface area contributed by atoms with Gasteiger partial charge in [-0.25, -0.2) is 0 Å². The smallest absolute Gasteiger partial charge is 0.0820 e. The Bertz CT molecular complexity index is 322. The number of aliphatic hydroxyl groups excluding tert-OH is 1. The van der Waals surface area contributed by atoms with Crippen LogP contribution in [0.15, 0.2) is 24.3 Å². The highest BCUT2D eigenvalue weighted by atomic mass is 16.3. The number of hydrogen-bond donors (Lipinski definition) is 1. The van der Waals surface area contributed by atoms with Crippen molar-refractivity contribution in [3.05, 3.63) is 35.4 Å². The van der Waals surface area contributed by atoms with Gasteiger partial charge in [0.25, 0.3) is 0 Å². The summed E-state index contributed by atoms with van der Waals surface area (Å²) in [7, 11) is 0. The van der Waals surface area contributed by atoms with Crippen molar-refractivity contribution >= 4 is 0 Å². The molecule has 0 radical (unpaired) electrons. The predicted molar refractivity (Wildman–Crippen MR) is 56.1 cm³/mol. The van der Waals surface area contributed by atoms with Crippen molar-refractivity contribution in [2.24, 2.45) is 5.92 Å². The highest BCUT2D eigenvalue weighted by molar-refractivity contribution is 5.34. The van der Waals surface area contributed by atoms with E-state index in [1.165, 1.54) is 36.8 Å². The first-order chi connectivity index (χ1) is 6.86. The molecule has 0 aliphatic heterocycles. The van der Waals surface area contributed by atoms with Gasteiger partial charge in [-0.3, -0.25) is 0 Å². The molecule has 3 aliphatic carbocycles. The van der Waals surface area contributed by atoms with Crippen LogP contribution in [0.3, 0.4) is 0 Å². The van der Waals surface area contributed by atoms with Crippen LogP contribution in [0.1, 0.15) is 48.8 Å². The number of rotatable bonds is 0. The molecular weight excluding hydrogens is 172 g/mol. The van der Waals surface area contributed by atoms with Gasteiger partial charge in [-0.1, -0.05) is 24.3 Å². The fourth-order valence-corrected chi connectivity index (χ4v) is 3.15. The summed E-state index contributed by atoms with van der Waals surface area (Å²) >= 11 is 0. The van der Waals surface area contributed by atoms with Gasteiger partial charge < -0.3 is 5.11 Å². The van der Waals surface area contributed by atoms with Gasteiger partial charge in [0.1, 0.15) is 0 Å². The molecule has 2 bridgehead atoms. The molecular formula is C13H16O. The first kappa shape index (κ1) is 8.49. The Labute approximate surface area is 84.8 Å². The molecule has 3 aliphatic rings. The number of hydrogen-bond acceptors (Lipinski definition) is 1. The van der Waals surface area contributed by atoms with Crippen molar-refractivity contribution in [3.8, 4) is 0 Å². The molecule has 1 saturated carbocycles. The lowest BCUT2D eigenvalue weighted by atomic mass is 9.82. The van der Waals surface area contributed by atoms with E-state index in [9.17, 15) is 5.11 Å². The van der Waals surface area contributed by atoms with Gasteiger partial charge in [0.05, 0.1) is 6.10 Å². The molecule has 0 amide bonds. The SMILES string of the molecule is OC1c2ccccc2C2CCC1CC2. The molecule has 1 fully saturated rings. The topological polar surface area (TPSA) is 20.2 Å². The Morgan fingerprint density at radius 3 is 2.29 bits per heavy atom. The highest BCUT2D eigenvalue weighted by Crippen LogP contribution is 2.47. The maximum Gasteiger partial charge on any atom is 0.0820 e. The fourth-order valence-electron chi connectivity index (χ4n) is 3.15. The molecule has 0 spiro atoms. The zero-order valence-electron chi connectivity index (χ0n) is 8.32. The van der Waals surface area contributed by atoms with Gasteiger partial charge in [0, 0.05) is 0 Å². The Balaban J connectivity index is 2.15. The van der Waals surface area contributed by atoms with Crippen LogP contribution < -0.4 is 0 Å². The largest absolute Gasteiger partial charge is 0.388 e. The van der Waals surface area contributed by atoms with Gasteiger partial charge in [0.2, 0.25) is 0 Å². The van der Waals surface area contributed by atoms with Crippen molar-refractivity contribution < 1.29 is 5.11 Å². The van der Waals surface area contributed by atoms with E-state index < -0.39 is 0 Å². The van der Waals surface area contributed by atoms with Crippen molar-refractivity contribution in [2.45, 2.75) is 37.7 Å². The zero-order valence-corrected chi connectivity index (χ0v) is 8.32. The summed E-state index contributed by atoms with van der Waals surface area (Å²) in [6.45, 7) is 0. The molecule has 4 rings (SSSR count). The van der Waals surface area contributed by atoms with E-state index in [0.717, 1.165) is 5.92 Å². The normalized spacial score (nSPS) is 35.1. The minimum absolute atomic E-state index is 0.196. The molecule has 0 saturated heterocycles. The number of aliphatic hydroxyl groups is 1. The van der Waals surface area contributed by atoms with E-state index in [0.29, 0.717) is 5.92 Å². The third-order valence-corrected chi connectivity index (χ3v) is 3.97. The van der Waals surface area contributed by atoms with E-state index in [4.69, 9.17) is 0 Å². The Morgan fingerprint density at radius 2 is 1.57 bits per heavy atom. The van der Waals surface area contributed by atoms with Crippen molar-refractivity contribution in [2.75, 3.05) is 0 Å². The van der Waals surface area contributed by atoms with Gasteiger partial charge in [-0.2, -0.15) is 0 Å². The summed E-state index contributed by atoms with van der Waals surface area (Å²) in [5.41, 5.74) is 2.62. The summed E-state index contributed by atoms with van der Waals surface area (Å²) in [4.78, 5) is 0. The summed E-state index contributed by atoms with van der Waals surface area (Å²) in [6, 6.07) is 8.46. The summed E-state index contributed by atoms with van der Waals surface area (Å²) in [5.74, 6) is 1.24. The monoisotopic (exact) mass is 188 g/mol. The van der Waals surface area contributed by atoms with Crippen LogP contribution >= 0.6 is 0 Å². The highest BCUT2D eigenvalue weighted by Gasteiger charge is 2.34. The quantitative estimate of drug-likeness (QED) is 0.663. The Hall–Kier alpha value is -0.820. The zero-order chi connectivity index (χ0) is 9.54. The lowest BCUT2D eigenvalue weighted by Gasteiger charge is -2.24. The van der Waals surface area contributed by atoms with E-state index in [-0.39, 0.29) is 6.10 Å². The van der Waals surface area contributed by atoms with Crippen LogP contribution in [-0.2, 0) is 0 Å².